The summed E-state index contributed by atoms with van der Waals surface area (Å²) in [4.78, 5) is 0. The average Bonchev–Trinajstić information content (AvgIpc) is 2.34. The zero-order valence-corrected chi connectivity index (χ0v) is 12.0. The molecule has 8 unspecified atom stereocenters. The van der Waals surface area contributed by atoms with E-state index in [0.717, 1.165) is 48.0 Å². The van der Waals surface area contributed by atoms with Crippen molar-refractivity contribution in [2.24, 2.45) is 41.4 Å². The van der Waals surface area contributed by atoms with E-state index < -0.39 is 0 Å². The molecule has 0 N–H and O–H groups in total. The standard InChI is InChI=1S/C17H28O/c1-10-5-12-3-4-13-6-11(2)8-15-17(13)16(12)14(7-10)9-18-15/h10-17H,3-9H2,1-2H3. The molecule has 1 aliphatic heterocycles. The quantitative estimate of drug-likeness (QED) is 0.626. The summed E-state index contributed by atoms with van der Waals surface area (Å²) >= 11 is 0. The second-order valence-electron chi connectivity index (χ2n) is 8.04. The molecular weight excluding hydrogens is 220 g/mol. The van der Waals surface area contributed by atoms with Crippen LogP contribution in [-0.2, 0) is 4.74 Å². The Labute approximate surface area is 112 Å². The van der Waals surface area contributed by atoms with Gasteiger partial charge in [0.1, 0.15) is 0 Å². The second-order valence-corrected chi connectivity index (χ2v) is 8.04. The first-order valence-electron chi connectivity index (χ1n) is 8.34. The van der Waals surface area contributed by atoms with Crippen molar-refractivity contribution >= 4 is 0 Å². The molecule has 1 nitrogen and oxygen atoms in total. The molecular formula is C17H28O. The van der Waals surface area contributed by atoms with Crippen molar-refractivity contribution in [2.45, 2.75) is 58.5 Å². The van der Waals surface area contributed by atoms with Crippen LogP contribution in [0, 0.1) is 41.4 Å². The number of ether oxygens (including phenoxy) is 1. The zero-order valence-electron chi connectivity index (χ0n) is 12.0. The van der Waals surface area contributed by atoms with Gasteiger partial charge in [0, 0.05) is 0 Å². The topological polar surface area (TPSA) is 9.23 Å². The third-order valence-electron chi connectivity index (χ3n) is 6.69. The van der Waals surface area contributed by atoms with Crippen LogP contribution in [0.5, 0.6) is 0 Å². The van der Waals surface area contributed by atoms with Gasteiger partial charge < -0.3 is 4.74 Å². The Balaban J connectivity index is 1.64. The van der Waals surface area contributed by atoms with Gasteiger partial charge >= 0.3 is 0 Å². The third-order valence-corrected chi connectivity index (χ3v) is 6.69. The average molecular weight is 248 g/mol. The Morgan fingerprint density at radius 3 is 2.11 bits per heavy atom. The molecule has 3 saturated carbocycles. The Kier molecular flexibility index (Phi) is 2.76. The molecule has 4 rings (SSSR count). The Morgan fingerprint density at radius 2 is 1.33 bits per heavy atom. The molecule has 18 heavy (non-hydrogen) atoms. The molecule has 0 spiro atoms. The fraction of sp³-hybridized carbons (Fsp3) is 1.00. The first kappa shape index (κ1) is 11.8. The Hall–Kier alpha value is -0.0400. The summed E-state index contributed by atoms with van der Waals surface area (Å²) in [6.45, 7) is 6.00. The predicted octanol–water partition coefficient (Wildman–Crippen LogP) is 4.12. The van der Waals surface area contributed by atoms with E-state index in [1.807, 2.05) is 0 Å². The molecule has 0 aromatic carbocycles. The molecule has 1 heterocycles. The van der Waals surface area contributed by atoms with Gasteiger partial charge in [0.2, 0.25) is 0 Å². The summed E-state index contributed by atoms with van der Waals surface area (Å²) in [7, 11) is 0. The van der Waals surface area contributed by atoms with Gasteiger partial charge in [0.25, 0.3) is 0 Å². The first-order chi connectivity index (χ1) is 8.72. The van der Waals surface area contributed by atoms with Crippen molar-refractivity contribution in [3.63, 3.8) is 0 Å². The van der Waals surface area contributed by atoms with Crippen molar-refractivity contribution in [3.05, 3.63) is 0 Å². The molecule has 102 valence electrons. The summed E-state index contributed by atoms with van der Waals surface area (Å²) in [6.07, 6.45) is 9.50. The van der Waals surface area contributed by atoms with Crippen molar-refractivity contribution in [3.8, 4) is 0 Å². The van der Waals surface area contributed by atoms with Crippen LogP contribution in [0.2, 0.25) is 0 Å². The monoisotopic (exact) mass is 248 g/mol. The van der Waals surface area contributed by atoms with E-state index in [9.17, 15) is 0 Å². The van der Waals surface area contributed by atoms with Gasteiger partial charge in [-0.2, -0.15) is 0 Å². The molecule has 0 aromatic rings. The fourth-order valence-electron chi connectivity index (χ4n) is 6.30. The lowest BCUT2D eigenvalue weighted by Gasteiger charge is -2.58. The summed E-state index contributed by atoms with van der Waals surface area (Å²) in [5.41, 5.74) is 0. The van der Waals surface area contributed by atoms with E-state index in [-0.39, 0.29) is 0 Å². The maximum absolute atomic E-state index is 6.32. The van der Waals surface area contributed by atoms with Gasteiger partial charge in [-0.25, -0.2) is 0 Å². The minimum absolute atomic E-state index is 0.635. The molecule has 8 atom stereocenters. The predicted molar refractivity (Wildman–Crippen MR) is 73.2 cm³/mol. The van der Waals surface area contributed by atoms with Crippen LogP contribution >= 0.6 is 0 Å². The van der Waals surface area contributed by atoms with Crippen molar-refractivity contribution in [1.29, 1.82) is 0 Å². The minimum Gasteiger partial charge on any atom is -0.378 e. The highest BCUT2D eigenvalue weighted by Crippen LogP contribution is 2.57. The molecule has 3 aliphatic carbocycles. The maximum Gasteiger partial charge on any atom is 0.0611 e. The van der Waals surface area contributed by atoms with Crippen LogP contribution < -0.4 is 0 Å². The van der Waals surface area contributed by atoms with Crippen molar-refractivity contribution in [1.82, 2.24) is 0 Å². The van der Waals surface area contributed by atoms with Crippen molar-refractivity contribution in [2.75, 3.05) is 6.61 Å². The molecule has 0 aromatic heterocycles. The number of hydrogen-bond acceptors (Lipinski definition) is 1. The van der Waals surface area contributed by atoms with Crippen LogP contribution in [0.1, 0.15) is 52.4 Å². The van der Waals surface area contributed by atoms with E-state index in [0.29, 0.717) is 6.10 Å². The van der Waals surface area contributed by atoms with Gasteiger partial charge in [0.05, 0.1) is 12.7 Å². The van der Waals surface area contributed by atoms with Crippen LogP contribution in [0.4, 0.5) is 0 Å². The lowest BCUT2D eigenvalue weighted by Crippen LogP contribution is -2.55. The van der Waals surface area contributed by atoms with Gasteiger partial charge in [-0.1, -0.05) is 13.8 Å². The zero-order chi connectivity index (χ0) is 12.3. The second kappa shape index (κ2) is 4.23. The van der Waals surface area contributed by atoms with Crippen LogP contribution in [0.15, 0.2) is 0 Å². The number of rotatable bonds is 0. The molecule has 0 bridgehead atoms. The molecule has 1 heteroatoms. The van der Waals surface area contributed by atoms with E-state index in [2.05, 4.69) is 13.8 Å². The van der Waals surface area contributed by atoms with Gasteiger partial charge in [-0.3, -0.25) is 0 Å². The number of hydrogen-bond donors (Lipinski definition) is 0. The van der Waals surface area contributed by atoms with Crippen LogP contribution in [-0.4, -0.2) is 12.7 Å². The van der Waals surface area contributed by atoms with E-state index in [1.165, 1.54) is 38.5 Å². The van der Waals surface area contributed by atoms with Gasteiger partial charge in [-0.05, 0) is 80.0 Å². The highest BCUT2D eigenvalue weighted by Gasteiger charge is 2.53. The van der Waals surface area contributed by atoms with Crippen LogP contribution in [0.3, 0.4) is 0 Å². The highest BCUT2D eigenvalue weighted by molar-refractivity contribution is 5.02. The first-order valence-corrected chi connectivity index (χ1v) is 8.34. The molecule has 0 amide bonds. The summed E-state index contributed by atoms with van der Waals surface area (Å²) in [5.74, 6) is 6.84. The lowest BCUT2D eigenvalue weighted by molar-refractivity contribution is -0.184. The highest BCUT2D eigenvalue weighted by atomic mass is 16.5. The van der Waals surface area contributed by atoms with E-state index in [4.69, 9.17) is 4.74 Å². The lowest BCUT2D eigenvalue weighted by atomic mass is 9.51. The Morgan fingerprint density at radius 1 is 0.722 bits per heavy atom. The molecule has 4 fully saturated rings. The smallest absolute Gasteiger partial charge is 0.0611 e. The largest absolute Gasteiger partial charge is 0.378 e. The molecule has 1 saturated heterocycles. The van der Waals surface area contributed by atoms with Crippen molar-refractivity contribution < 1.29 is 4.74 Å². The summed E-state index contributed by atoms with van der Waals surface area (Å²) in [5, 5.41) is 0. The molecule has 4 aliphatic rings. The van der Waals surface area contributed by atoms with Gasteiger partial charge in [0.15, 0.2) is 0 Å². The van der Waals surface area contributed by atoms with Crippen LogP contribution in [0.25, 0.3) is 0 Å². The van der Waals surface area contributed by atoms with E-state index >= 15 is 0 Å². The summed E-state index contributed by atoms with van der Waals surface area (Å²) < 4.78 is 6.32. The minimum atomic E-state index is 0.635. The normalized spacial score (nSPS) is 59.0. The van der Waals surface area contributed by atoms with Gasteiger partial charge in [-0.15, -0.1) is 0 Å². The SMILES string of the molecule is CC1CC2CCC3CC(C)CC4OCC(C1)C2C34. The summed E-state index contributed by atoms with van der Waals surface area (Å²) in [6, 6.07) is 0. The molecule has 0 radical (unpaired) electrons. The third kappa shape index (κ3) is 1.69. The Bertz CT molecular complexity index is 266. The van der Waals surface area contributed by atoms with E-state index in [1.54, 1.807) is 0 Å². The maximum atomic E-state index is 6.32. The fourth-order valence-corrected chi connectivity index (χ4v) is 6.30.